The molecule has 1 saturated carbocycles. The van der Waals surface area contributed by atoms with Gasteiger partial charge in [-0.3, -0.25) is 9.48 Å². The van der Waals surface area contributed by atoms with Crippen LogP contribution in [0.4, 0.5) is 0 Å². The minimum atomic E-state index is -1.10. The Morgan fingerprint density at radius 2 is 1.95 bits per heavy atom. The quantitative estimate of drug-likeness (QED) is 0.903. The lowest BCUT2D eigenvalue weighted by molar-refractivity contribution is -0.140. The highest BCUT2D eigenvalue weighted by atomic mass is 16.4. The van der Waals surface area contributed by atoms with Crippen molar-refractivity contribution < 1.29 is 19.8 Å². The van der Waals surface area contributed by atoms with E-state index in [1.165, 1.54) is 6.07 Å². The van der Waals surface area contributed by atoms with E-state index in [0.717, 1.165) is 16.8 Å². The molecule has 0 amide bonds. The Hall–Kier alpha value is -2.63. The molecule has 0 radical (unpaired) electrons. The van der Waals surface area contributed by atoms with E-state index < -0.39 is 17.4 Å². The van der Waals surface area contributed by atoms with Crippen LogP contribution in [0.2, 0.25) is 0 Å². The molecule has 0 unspecified atom stereocenters. The predicted molar refractivity (Wildman–Crippen MR) is 78.9 cm³/mol. The van der Waals surface area contributed by atoms with E-state index in [2.05, 4.69) is 5.10 Å². The zero-order chi connectivity index (χ0) is 16.1. The summed E-state index contributed by atoms with van der Waals surface area (Å²) in [6.45, 7) is 1.91. The molecular formula is C16H16N2O4. The molecule has 1 heterocycles. The van der Waals surface area contributed by atoms with Gasteiger partial charge in [0.1, 0.15) is 0 Å². The van der Waals surface area contributed by atoms with Crippen molar-refractivity contribution in [1.82, 2.24) is 9.78 Å². The lowest BCUT2D eigenvalue weighted by atomic mass is 9.89. The molecule has 1 aliphatic carbocycles. The number of rotatable bonds is 4. The molecule has 0 aliphatic heterocycles. The van der Waals surface area contributed by atoms with Gasteiger partial charge in [-0.1, -0.05) is 6.07 Å². The number of aliphatic carboxylic acids is 1. The Balaban J connectivity index is 2.22. The minimum Gasteiger partial charge on any atom is -0.481 e. The number of aryl methyl sites for hydroxylation is 2. The third-order valence-electron chi connectivity index (χ3n) is 4.32. The minimum absolute atomic E-state index is 0.0588. The van der Waals surface area contributed by atoms with Crippen molar-refractivity contribution in [3.05, 3.63) is 41.1 Å². The first-order valence-electron chi connectivity index (χ1n) is 6.97. The van der Waals surface area contributed by atoms with E-state index in [9.17, 15) is 19.8 Å². The Morgan fingerprint density at radius 3 is 2.41 bits per heavy atom. The third kappa shape index (κ3) is 1.99. The summed E-state index contributed by atoms with van der Waals surface area (Å²) in [6, 6.07) is 4.88. The second-order valence-electron chi connectivity index (χ2n) is 5.75. The molecule has 1 aromatic heterocycles. The topological polar surface area (TPSA) is 92.4 Å². The summed E-state index contributed by atoms with van der Waals surface area (Å²) in [6.07, 6.45) is 2.66. The first kappa shape index (κ1) is 14.3. The predicted octanol–water partition coefficient (Wildman–Crippen LogP) is 2.21. The molecule has 3 rings (SSSR count). The molecule has 0 bridgehead atoms. The Labute approximate surface area is 127 Å². The molecule has 1 fully saturated rings. The molecule has 22 heavy (non-hydrogen) atoms. The summed E-state index contributed by atoms with van der Waals surface area (Å²) in [5, 5.41) is 23.0. The lowest BCUT2D eigenvalue weighted by Gasteiger charge is -2.15. The summed E-state index contributed by atoms with van der Waals surface area (Å²) in [4.78, 5) is 23.0. The molecule has 1 aromatic carbocycles. The van der Waals surface area contributed by atoms with Gasteiger partial charge in [0, 0.05) is 12.6 Å². The van der Waals surface area contributed by atoms with Crippen molar-refractivity contribution >= 4 is 11.9 Å². The van der Waals surface area contributed by atoms with Gasteiger partial charge in [0.15, 0.2) is 0 Å². The van der Waals surface area contributed by atoms with Gasteiger partial charge in [-0.25, -0.2) is 4.79 Å². The Bertz CT molecular complexity index is 768. The van der Waals surface area contributed by atoms with E-state index in [1.54, 1.807) is 30.1 Å². The van der Waals surface area contributed by atoms with Crippen molar-refractivity contribution in [3.8, 4) is 11.3 Å². The highest BCUT2D eigenvalue weighted by Gasteiger charge is 2.53. The smallest absolute Gasteiger partial charge is 0.336 e. The molecule has 2 aromatic rings. The van der Waals surface area contributed by atoms with Crippen molar-refractivity contribution in [2.75, 3.05) is 0 Å². The molecule has 1 aliphatic rings. The van der Waals surface area contributed by atoms with Gasteiger partial charge < -0.3 is 10.2 Å². The number of carboxylic acid groups (broad SMARTS) is 2. The van der Waals surface area contributed by atoms with Gasteiger partial charge in [-0.15, -0.1) is 0 Å². The number of aromatic carboxylic acids is 1. The number of benzene rings is 1. The van der Waals surface area contributed by atoms with Crippen LogP contribution in [0, 0.1) is 6.92 Å². The Morgan fingerprint density at radius 1 is 1.27 bits per heavy atom. The SMILES string of the molecule is Cc1cnn(C)c1-c1ccc(C(=O)O)c(C2(C(=O)O)CC2)c1. The summed E-state index contributed by atoms with van der Waals surface area (Å²) in [7, 11) is 1.80. The lowest BCUT2D eigenvalue weighted by Crippen LogP contribution is -2.22. The maximum Gasteiger partial charge on any atom is 0.336 e. The Kier molecular flexibility index (Phi) is 3.05. The van der Waals surface area contributed by atoms with E-state index in [1.807, 2.05) is 6.92 Å². The molecule has 2 N–H and O–H groups in total. The van der Waals surface area contributed by atoms with E-state index in [0.29, 0.717) is 18.4 Å². The number of carboxylic acids is 2. The van der Waals surface area contributed by atoms with Gasteiger partial charge in [-0.05, 0) is 43.0 Å². The molecule has 0 saturated heterocycles. The van der Waals surface area contributed by atoms with Crippen LogP contribution in [-0.2, 0) is 17.3 Å². The van der Waals surface area contributed by atoms with Crippen LogP contribution in [0.3, 0.4) is 0 Å². The second kappa shape index (κ2) is 4.69. The summed E-state index contributed by atoms with van der Waals surface area (Å²) >= 11 is 0. The number of hydrogen-bond donors (Lipinski definition) is 2. The van der Waals surface area contributed by atoms with Crippen LogP contribution in [0.1, 0.15) is 34.3 Å². The number of nitrogens with zero attached hydrogens (tertiary/aromatic N) is 2. The van der Waals surface area contributed by atoms with Gasteiger partial charge in [0.25, 0.3) is 0 Å². The highest BCUT2D eigenvalue weighted by Crippen LogP contribution is 2.50. The number of aromatic nitrogens is 2. The molecule has 6 nitrogen and oxygen atoms in total. The normalized spacial score (nSPS) is 15.5. The van der Waals surface area contributed by atoms with Gasteiger partial charge in [-0.2, -0.15) is 5.10 Å². The first-order valence-corrected chi connectivity index (χ1v) is 6.97. The van der Waals surface area contributed by atoms with Crippen LogP contribution >= 0.6 is 0 Å². The van der Waals surface area contributed by atoms with Crippen LogP contribution in [0.5, 0.6) is 0 Å². The number of hydrogen-bond acceptors (Lipinski definition) is 3. The average molecular weight is 300 g/mol. The van der Waals surface area contributed by atoms with Crippen molar-refractivity contribution in [1.29, 1.82) is 0 Å². The molecule has 114 valence electrons. The van der Waals surface area contributed by atoms with Crippen LogP contribution < -0.4 is 0 Å². The van der Waals surface area contributed by atoms with E-state index >= 15 is 0 Å². The fourth-order valence-electron chi connectivity index (χ4n) is 2.96. The number of carbonyl (C=O) groups is 2. The molecular weight excluding hydrogens is 284 g/mol. The van der Waals surface area contributed by atoms with Gasteiger partial charge >= 0.3 is 11.9 Å². The standard InChI is InChI=1S/C16H16N2O4/c1-9-8-17-18(2)13(9)10-3-4-11(14(19)20)12(7-10)16(5-6-16)15(21)22/h3-4,7-8H,5-6H2,1-2H3,(H,19,20)(H,21,22). The van der Waals surface area contributed by atoms with Gasteiger partial charge in [0.05, 0.1) is 22.9 Å². The zero-order valence-electron chi connectivity index (χ0n) is 12.3. The largest absolute Gasteiger partial charge is 0.481 e. The monoisotopic (exact) mass is 300 g/mol. The summed E-state index contributed by atoms with van der Waals surface area (Å²) in [5.41, 5.74) is 1.98. The molecule has 0 spiro atoms. The third-order valence-corrected chi connectivity index (χ3v) is 4.32. The van der Waals surface area contributed by atoms with Crippen LogP contribution in [0.15, 0.2) is 24.4 Å². The highest BCUT2D eigenvalue weighted by molar-refractivity contribution is 5.96. The molecule has 0 atom stereocenters. The van der Waals surface area contributed by atoms with Crippen LogP contribution in [0.25, 0.3) is 11.3 Å². The fourth-order valence-corrected chi connectivity index (χ4v) is 2.96. The van der Waals surface area contributed by atoms with Crippen molar-refractivity contribution in [3.63, 3.8) is 0 Å². The fraction of sp³-hybridized carbons (Fsp3) is 0.312. The first-order chi connectivity index (χ1) is 10.4. The summed E-state index contributed by atoms with van der Waals surface area (Å²) in [5.74, 6) is -2.07. The van der Waals surface area contributed by atoms with Gasteiger partial charge in [0.2, 0.25) is 0 Å². The van der Waals surface area contributed by atoms with Crippen molar-refractivity contribution in [2.45, 2.75) is 25.2 Å². The average Bonchev–Trinajstić information content (AvgIpc) is 3.20. The summed E-state index contributed by atoms with van der Waals surface area (Å²) < 4.78 is 1.70. The van der Waals surface area contributed by atoms with E-state index in [-0.39, 0.29) is 5.56 Å². The van der Waals surface area contributed by atoms with Crippen LogP contribution in [-0.4, -0.2) is 31.9 Å². The second-order valence-corrected chi connectivity index (χ2v) is 5.75. The molecule has 6 heteroatoms. The maximum absolute atomic E-state index is 11.6. The van der Waals surface area contributed by atoms with E-state index in [4.69, 9.17) is 0 Å². The van der Waals surface area contributed by atoms with Crippen molar-refractivity contribution in [2.24, 2.45) is 7.05 Å². The maximum atomic E-state index is 11.6. The zero-order valence-corrected chi connectivity index (χ0v) is 12.3.